The van der Waals surface area contributed by atoms with Crippen LogP contribution in [0.25, 0.3) is 11.0 Å². The Bertz CT molecular complexity index is 1060. The topological polar surface area (TPSA) is 47.9 Å². The van der Waals surface area contributed by atoms with E-state index in [4.69, 9.17) is 4.98 Å². The quantitative estimate of drug-likeness (QED) is 0.652. The van der Waals surface area contributed by atoms with E-state index < -0.39 is 0 Å². The molecule has 2 aliphatic heterocycles. The first kappa shape index (κ1) is 19.9. The maximum absolute atomic E-state index is 13.1. The summed E-state index contributed by atoms with van der Waals surface area (Å²) in [5, 5.41) is 0. The molecule has 2 aromatic carbocycles. The van der Waals surface area contributed by atoms with Crippen LogP contribution in [0.1, 0.15) is 6.42 Å². The Balaban J connectivity index is 1.26. The molecule has 0 saturated carbocycles. The lowest BCUT2D eigenvalue weighted by Gasteiger charge is -2.37. The first-order valence-corrected chi connectivity index (χ1v) is 11.1. The van der Waals surface area contributed by atoms with Crippen molar-refractivity contribution in [1.29, 1.82) is 0 Å². The zero-order chi connectivity index (χ0) is 21.4. The van der Waals surface area contributed by atoms with Crippen LogP contribution in [0.15, 0.2) is 54.6 Å². The second-order valence-corrected chi connectivity index (χ2v) is 8.62. The fraction of sp³-hybridized carbons (Fsp3) is 0.417. The van der Waals surface area contributed by atoms with E-state index in [1.165, 1.54) is 5.69 Å². The number of rotatable bonds is 4. The van der Waals surface area contributed by atoms with E-state index in [-0.39, 0.29) is 12.1 Å². The van der Waals surface area contributed by atoms with Gasteiger partial charge in [0.15, 0.2) is 0 Å². The van der Waals surface area contributed by atoms with E-state index in [1.807, 2.05) is 36.2 Å². The third-order valence-corrected chi connectivity index (χ3v) is 6.68. The van der Waals surface area contributed by atoms with Crippen LogP contribution in [0.5, 0.6) is 0 Å². The standard InChI is InChI=1S/C24H30N6O/c1-26-18-20(12-13-28-14-16-29(17-15-28)19-8-4-3-5-9-19)27(2)23-25-21-10-6-7-11-22(21)30(23)24(26)31/h3-11,20H,12-18H2,1-2H3. The van der Waals surface area contributed by atoms with Gasteiger partial charge in [-0.25, -0.2) is 14.3 Å². The second kappa shape index (κ2) is 8.23. The van der Waals surface area contributed by atoms with E-state index in [2.05, 4.69) is 52.1 Å². The van der Waals surface area contributed by atoms with E-state index in [0.717, 1.165) is 56.1 Å². The van der Waals surface area contributed by atoms with Gasteiger partial charge in [0.05, 0.1) is 17.1 Å². The average Bonchev–Trinajstić information content (AvgIpc) is 3.17. The second-order valence-electron chi connectivity index (χ2n) is 8.62. The highest BCUT2D eigenvalue weighted by Gasteiger charge is 2.32. The molecule has 0 bridgehead atoms. The molecule has 1 atom stereocenters. The summed E-state index contributed by atoms with van der Waals surface area (Å²) in [5.41, 5.74) is 3.05. The maximum Gasteiger partial charge on any atom is 0.331 e. The summed E-state index contributed by atoms with van der Waals surface area (Å²) in [6, 6.07) is 18.8. The molecule has 162 valence electrons. The molecule has 31 heavy (non-hydrogen) atoms. The first-order valence-electron chi connectivity index (χ1n) is 11.1. The van der Waals surface area contributed by atoms with Crippen LogP contribution in [0.4, 0.5) is 16.4 Å². The highest BCUT2D eigenvalue weighted by molar-refractivity contribution is 5.93. The van der Waals surface area contributed by atoms with Crippen molar-refractivity contribution in [1.82, 2.24) is 19.4 Å². The summed E-state index contributed by atoms with van der Waals surface area (Å²) >= 11 is 0. The molecule has 1 amide bonds. The summed E-state index contributed by atoms with van der Waals surface area (Å²) in [7, 11) is 3.97. The largest absolute Gasteiger partial charge is 0.369 e. The van der Waals surface area contributed by atoms with Gasteiger partial charge in [-0.1, -0.05) is 30.3 Å². The summed E-state index contributed by atoms with van der Waals surface area (Å²) in [6.07, 6.45) is 1.00. The molecule has 0 aliphatic carbocycles. The van der Waals surface area contributed by atoms with Crippen molar-refractivity contribution in [3.05, 3.63) is 54.6 Å². The first-order chi connectivity index (χ1) is 15.1. The van der Waals surface area contributed by atoms with Crippen LogP contribution in [0.2, 0.25) is 0 Å². The van der Waals surface area contributed by atoms with Crippen LogP contribution in [-0.4, -0.2) is 84.8 Å². The monoisotopic (exact) mass is 418 g/mol. The number of carbonyl (C=O) groups is 1. The van der Waals surface area contributed by atoms with E-state index >= 15 is 0 Å². The van der Waals surface area contributed by atoms with Gasteiger partial charge in [0.25, 0.3) is 0 Å². The van der Waals surface area contributed by atoms with Gasteiger partial charge < -0.3 is 14.7 Å². The lowest BCUT2D eigenvalue weighted by molar-refractivity contribution is 0.207. The van der Waals surface area contributed by atoms with E-state index in [1.54, 1.807) is 4.57 Å². The molecule has 1 unspecified atom stereocenters. The average molecular weight is 419 g/mol. The van der Waals surface area contributed by atoms with Crippen LogP contribution in [0, 0.1) is 0 Å². The maximum atomic E-state index is 13.1. The zero-order valence-corrected chi connectivity index (χ0v) is 18.3. The number of nitrogens with zero attached hydrogens (tertiary/aromatic N) is 6. The Hall–Kier alpha value is -3.06. The summed E-state index contributed by atoms with van der Waals surface area (Å²) < 4.78 is 1.76. The van der Waals surface area contributed by atoms with Crippen molar-refractivity contribution >= 4 is 28.7 Å². The van der Waals surface area contributed by atoms with Gasteiger partial charge in [-0.15, -0.1) is 0 Å². The van der Waals surface area contributed by atoms with Crippen LogP contribution in [-0.2, 0) is 0 Å². The molecular formula is C24H30N6O. The lowest BCUT2D eigenvalue weighted by Crippen LogP contribution is -2.48. The Morgan fingerprint density at radius 1 is 0.935 bits per heavy atom. The smallest absolute Gasteiger partial charge is 0.331 e. The van der Waals surface area contributed by atoms with Gasteiger partial charge in [-0.3, -0.25) is 4.90 Å². The Labute approximate surface area is 183 Å². The fourth-order valence-corrected chi connectivity index (χ4v) is 4.77. The molecule has 1 fully saturated rings. The number of benzene rings is 2. The van der Waals surface area contributed by atoms with Gasteiger partial charge in [-0.2, -0.15) is 0 Å². The summed E-state index contributed by atoms with van der Waals surface area (Å²) in [5.74, 6) is 0.745. The minimum Gasteiger partial charge on any atom is -0.369 e. The number of likely N-dealkylation sites (N-methyl/N-ethyl adjacent to an activating group) is 2. The minimum atomic E-state index is -0.00507. The lowest BCUT2D eigenvalue weighted by atomic mass is 10.1. The minimum absolute atomic E-state index is 0.00507. The van der Waals surface area contributed by atoms with Crippen molar-refractivity contribution in [2.75, 3.05) is 63.2 Å². The number of carbonyl (C=O) groups excluding carboxylic acids is 1. The molecule has 1 saturated heterocycles. The predicted molar refractivity (Wildman–Crippen MR) is 125 cm³/mol. The third-order valence-electron chi connectivity index (χ3n) is 6.68. The normalized spacial score (nSPS) is 20.3. The number of piperazine rings is 1. The van der Waals surface area contributed by atoms with Crippen molar-refractivity contribution in [3.63, 3.8) is 0 Å². The number of para-hydroxylation sites is 3. The molecular weight excluding hydrogens is 388 g/mol. The van der Waals surface area contributed by atoms with E-state index in [9.17, 15) is 4.79 Å². The number of amides is 1. The molecule has 0 radical (unpaired) electrons. The van der Waals surface area contributed by atoms with Crippen molar-refractivity contribution in [2.45, 2.75) is 12.5 Å². The Morgan fingerprint density at radius 2 is 1.65 bits per heavy atom. The molecule has 3 heterocycles. The molecule has 0 N–H and O–H groups in total. The van der Waals surface area contributed by atoms with E-state index in [0.29, 0.717) is 6.54 Å². The van der Waals surface area contributed by atoms with Crippen LogP contribution < -0.4 is 9.80 Å². The molecule has 5 rings (SSSR count). The van der Waals surface area contributed by atoms with Crippen molar-refractivity contribution in [3.8, 4) is 0 Å². The fourth-order valence-electron chi connectivity index (χ4n) is 4.77. The highest BCUT2D eigenvalue weighted by atomic mass is 16.2. The molecule has 7 nitrogen and oxygen atoms in total. The van der Waals surface area contributed by atoms with Gasteiger partial charge in [0.2, 0.25) is 5.95 Å². The number of aromatic nitrogens is 2. The van der Waals surface area contributed by atoms with Gasteiger partial charge >= 0.3 is 6.03 Å². The van der Waals surface area contributed by atoms with Crippen molar-refractivity contribution in [2.24, 2.45) is 0 Å². The Kier molecular flexibility index (Phi) is 5.28. The van der Waals surface area contributed by atoms with Gasteiger partial charge in [0, 0.05) is 59.1 Å². The molecule has 3 aromatic rings. The van der Waals surface area contributed by atoms with Gasteiger partial charge in [-0.05, 0) is 30.7 Å². The number of hydrogen-bond acceptors (Lipinski definition) is 5. The SMILES string of the molecule is CN1CC(CCN2CCN(c3ccccc3)CC2)N(C)c2nc3ccccc3n2C1=O. The number of hydrogen-bond donors (Lipinski definition) is 0. The van der Waals surface area contributed by atoms with Gasteiger partial charge in [0.1, 0.15) is 0 Å². The molecule has 7 heteroatoms. The van der Waals surface area contributed by atoms with Crippen molar-refractivity contribution < 1.29 is 4.79 Å². The Morgan fingerprint density at radius 3 is 2.42 bits per heavy atom. The zero-order valence-electron chi connectivity index (χ0n) is 18.3. The third kappa shape index (κ3) is 3.74. The summed E-state index contributed by atoms with van der Waals surface area (Å²) in [4.78, 5) is 26.9. The molecule has 0 spiro atoms. The van der Waals surface area contributed by atoms with Crippen LogP contribution in [0.3, 0.4) is 0 Å². The number of anilines is 2. The van der Waals surface area contributed by atoms with Crippen LogP contribution >= 0.6 is 0 Å². The predicted octanol–water partition coefficient (Wildman–Crippen LogP) is 2.97. The highest BCUT2D eigenvalue weighted by Crippen LogP contribution is 2.27. The number of imidazole rings is 1. The molecule has 1 aromatic heterocycles. The molecule has 2 aliphatic rings. The summed E-state index contributed by atoms with van der Waals surface area (Å²) in [6.45, 7) is 5.98. The number of fused-ring (bicyclic) bond motifs is 3.